The summed E-state index contributed by atoms with van der Waals surface area (Å²) in [6, 6.07) is 11.1. The molecule has 0 radical (unpaired) electrons. The van der Waals surface area contributed by atoms with E-state index in [0.29, 0.717) is 41.2 Å². The molecule has 0 atom stereocenters. The van der Waals surface area contributed by atoms with Gasteiger partial charge in [-0.25, -0.2) is 19.5 Å². The fourth-order valence-corrected chi connectivity index (χ4v) is 4.09. The number of methoxy groups -OCH3 is 1. The third-order valence-corrected chi connectivity index (χ3v) is 6.05. The molecule has 4 rings (SSSR count). The maximum absolute atomic E-state index is 13.7. The number of nitrogens with zero attached hydrogens (tertiary/aromatic N) is 6. The number of pyridine rings is 1. The maximum Gasteiger partial charge on any atom is 0.264 e. The number of hydrogen-bond acceptors (Lipinski definition) is 8. The lowest BCUT2D eigenvalue weighted by molar-refractivity contribution is 0.318. The molecule has 3 heterocycles. The van der Waals surface area contributed by atoms with Crippen molar-refractivity contribution >= 4 is 5.84 Å². The number of rotatable bonds is 9. The zero-order chi connectivity index (χ0) is 26.4. The first-order valence-corrected chi connectivity index (χ1v) is 12.0. The van der Waals surface area contributed by atoms with Crippen LogP contribution in [0, 0.1) is 6.92 Å². The first kappa shape index (κ1) is 25.5. The van der Waals surface area contributed by atoms with Crippen molar-refractivity contribution in [1.82, 2.24) is 24.5 Å². The van der Waals surface area contributed by atoms with Crippen molar-refractivity contribution in [1.29, 1.82) is 0 Å². The number of nitrogens with two attached hydrogens (primary N) is 1. The van der Waals surface area contributed by atoms with Crippen LogP contribution in [0.3, 0.4) is 0 Å². The SMILES string of the molecule is CCCCc1nc(C)n(-c2ncc(OC)cn2)c(=O)c1Cc1ccc(-c2ccccc2/C(N)=N\O)cn1. The second-order valence-electron chi connectivity index (χ2n) is 8.50. The van der Waals surface area contributed by atoms with E-state index in [-0.39, 0.29) is 17.3 Å². The summed E-state index contributed by atoms with van der Waals surface area (Å²) in [7, 11) is 1.53. The van der Waals surface area contributed by atoms with Gasteiger partial charge >= 0.3 is 0 Å². The third kappa shape index (κ3) is 5.48. The van der Waals surface area contributed by atoms with Crippen LogP contribution in [0.2, 0.25) is 0 Å². The normalized spacial score (nSPS) is 11.5. The highest BCUT2D eigenvalue weighted by Crippen LogP contribution is 2.24. The number of ether oxygens (including phenoxy) is 1. The standard InChI is InChI=1S/C27H29N7O3/c1-4-5-10-24-23(26(35)34(17(2)32-24)27-30-15-20(37-3)16-31-27)13-19-12-11-18(14-29-19)21-8-6-7-9-22(21)25(28)33-36/h6-9,11-12,14-16,36H,4-5,10,13H2,1-3H3,(H2,28,33). The summed E-state index contributed by atoms with van der Waals surface area (Å²) < 4.78 is 6.56. The summed E-state index contributed by atoms with van der Waals surface area (Å²) in [5.74, 6) is 1.28. The summed E-state index contributed by atoms with van der Waals surface area (Å²) in [6.07, 6.45) is 7.66. The number of hydrogen-bond donors (Lipinski definition) is 2. The van der Waals surface area contributed by atoms with Crippen molar-refractivity contribution in [2.24, 2.45) is 10.9 Å². The largest absolute Gasteiger partial charge is 0.494 e. The van der Waals surface area contributed by atoms with Crippen LogP contribution in [0.1, 0.15) is 48.1 Å². The highest BCUT2D eigenvalue weighted by atomic mass is 16.5. The van der Waals surface area contributed by atoms with Gasteiger partial charge in [0.25, 0.3) is 5.56 Å². The van der Waals surface area contributed by atoms with Gasteiger partial charge in [-0.1, -0.05) is 48.8 Å². The lowest BCUT2D eigenvalue weighted by atomic mass is 9.99. The Bertz CT molecular complexity index is 1460. The van der Waals surface area contributed by atoms with Crippen molar-refractivity contribution in [2.75, 3.05) is 7.11 Å². The van der Waals surface area contributed by atoms with Crippen LogP contribution >= 0.6 is 0 Å². The van der Waals surface area contributed by atoms with Gasteiger partial charge in [-0.2, -0.15) is 0 Å². The third-order valence-electron chi connectivity index (χ3n) is 6.05. The van der Waals surface area contributed by atoms with Gasteiger partial charge in [-0.05, 0) is 31.4 Å². The molecule has 0 aliphatic heterocycles. The van der Waals surface area contributed by atoms with Crippen LogP contribution in [0.4, 0.5) is 0 Å². The molecule has 10 nitrogen and oxygen atoms in total. The minimum Gasteiger partial charge on any atom is -0.494 e. The smallest absolute Gasteiger partial charge is 0.264 e. The summed E-state index contributed by atoms with van der Waals surface area (Å²) in [4.78, 5) is 31.7. The molecule has 0 saturated carbocycles. The van der Waals surface area contributed by atoms with Gasteiger partial charge < -0.3 is 15.7 Å². The van der Waals surface area contributed by atoms with Crippen LogP contribution < -0.4 is 16.0 Å². The van der Waals surface area contributed by atoms with Gasteiger partial charge in [-0.3, -0.25) is 9.78 Å². The van der Waals surface area contributed by atoms with E-state index in [4.69, 9.17) is 20.7 Å². The molecule has 0 aliphatic rings. The second kappa shape index (κ2) is 11.4. The number of oxime groups is 1. The zero-order valence-electron chi connectivity index (χ0n) is 21.0. The van der Waals surface area contributed by atoms with Crippen molar-refractivity contribution < 1.29 is 9.94 Å². The maximum atomic E-state index is 13.7. The molecule has 37 heavy (non-hydrogen) atoms. The van der Waals surface area contributed by atoms with E-state index < -0.39 is 0 Å². The van der Waals surface area contributed by atoms with Crippen LogP contribution in [-0.2, 0) is 12.8 Å². The quantitative estimate of drug-likeness (QED) is 0.154. The fraction of sp³-hybridized carbons (Fsp3) is 0.259. The van der Waals surface area contributed by atoms with Crippen LogP contribution in [0.25, 0.3) is 17.1 Å². The Balaban J connectivity index is 1.73. The van der Waals surface area contributed by atoms with E-state index in [1.807, 2.05) is 30.3 Å². The highest BCUT2D eigenvalue weighted by Gasteiger charge is 2.18. The Morgan fingerprint density at radius 1 is 1.11 bits per heavy atom. The Labute approximate surface area is 214 Å². The predicted molar refractivity (Wildman–Crippen MR) is 140 cm³/mol. The molecule has 3 aromatic heterocycles. The van der Waals surface area contributed by atoms with E-state index in [1.165, 1.54) is 24.1 Å². The van der Waals surface area contributed by atoms with Crippen LogP contribution in [0.5, 0.6) is 5.75 Å². The molecule has 0 amide bonds. The molecule has 4 aromatic rings. The topological polar surface area (TPSA) is 141 Å². The van der Waals surface area contributed by atoms with Gasteiger partial charge in [0.2, 0.25) is 5.95 Å². The van der Waals surface area contributed by atoms with Crippen molar-refractivity contribution in [3.63, 3.8) is 0 Å². The van der Waals surface area contributed by atoms with Gasteiger partial charge in [0.1, 0.15) is 5.82 Å². The van der Waals surface area contributed by atoms with E-state index in [0.717, 1.165) is 29.7 Å². The van der Waals surface area contributed by atoms with Gasteiger partial charge in [0, 0.05) is 35.0 Å². The van der Waals surface area contributed by atoms with Gasteiger partial charge in [0.05, 0.1) is 25.2 Å². The summed E-state index contributed by atoms with van der Waals surface area (Å²) in [5.41, 5.74) is 9.87. The Morgan fingerprint density at radius 2 is 1.86 bits per heavy atom. The molecule has 3 N–H and O–H groups in total. The monoisotopic (exact) mass is 499 g/mol. The van der Waals surface area contributed by atoms with Crippen molar-refractivity contribution in [3.05, 3.63) is 93.7 Å². The molecular weight excluding hydrogens is 470 g/mol. The first-order chi connectivity index (χ1) is 18.0. The Kier molecular flexibility index (Phi) is 7.87. The molecule has 10 heteroatoms. The molecule has 0 fully saturated rings. The average Bonchev–Trinajstić information content (AvgIpc) is 2.94. The van der Waals surface area contributed by atoms with E-state index >= 15 is 0 Å². The van der Waals surface area contributed by atoms with Crippen molar-refractivity contribution in [3.8, 4) is 22.8 Å². The molecular formula is C27H29N7O3. The minimum absolute atomic E-state index is 0.0206. The second-order valence-corrected chi connectivity index (χ2v) is 8.50. The molecule has 0 spiro atoms. The van der Waals surface area contributed by atoms with E-state index in [1.54, 1.807) is 19.2 Å². The molecule has 1 aromatic carbocycles. The summed E-state index contributed by atoms with van der Waals surface area (Å²) >= 11 is 0. The lowest BCUT2D eigenvalue weighted by Crippen LogP contribution is -2.29. The Morgan fingerprint density at radius 3 is 2.51 bits per heavy atom. The number of amidine groups is 1. The number of unbranched alkanes of at least 4 members (excludes halogenated alkanes) is 1. The average molecular weight is 500 g/mol. The van der Waals surface area contributed by atoms with Crippen molar-refractivity contribution in [2.45, 2.75) is 39.5 Å². The fourth-order valence-electron chi connectivity index (χ4n) is 4.09. The number of aryl methyl sites for hydroxylation is 2. The van der Waals surface area contributed by atoms with E-state index in [2.05, 4.69) is 27.0 Å². The van der Waals surface area contributed by atoms with Crippen LogP contribution in [-0.4, -0.2) is 42.7 Å². The number of benzene rings is 1. The molecule has 0 saturated heterocycles. The first-order valence-electron chi connectivity index (χ1n) is 12.0. The number of aromatic nitrogens is 5. The van der Waals surface area contributed by atoms with E-state index in [9.17, 15) is 4.79 Å². The van der Waals surface area contributed by atoms with Crippen LogP contribution in [0.15, 0.2) is 64.9 Å². The molecule has 190 valence electrons. The van der Waals surface area contributed by atoms with Gasteiger partial charge in [-0.15, -0.1) is 0 Å². The predicted octanol–water partition coefficient (Wildman–Crippen LogP) is 3.43. The minimum atomic E-state index is -0.216. The zero-order valence-corrected chi connectivity index (χ0v) is 21.0. The molecule has 0 aliphatic carbocycles. The molecule has 0 unspecified atom stereocenters. The summed E-state index contributed by atoms with van der Waals surface area (Å²) in [6.45, 7) is 3.88. The summed E-state index contributed by atoms with van der Waals surface area (Å²) in [5, 5.41) is 12.3. The molecule has 0 bridgehead atoms. The van der Waals surface area contributed by atoms with Gasteiger partial charge in [0.15, 0.2) is 11.6 Å². The lowest BCUT2D eigenvalue weighted by Gasteiger charge is -2.14. The highest BCUT2D eigenvalue weighted by molar-refractivity contribution is 6.03. The Hall–Kier alpha value is -4.60.